The SMILES string of the molecule is COc1ccc(C=NN=C(N)SCc2ccccc2)c2ccccc12. The van der Waals surface area contributed by atoms with Gasteiger partial charge in [-0.25, -0.2) is 0 Å². The molecule has 0 aliphatic rings. The summed E-state index contributed by atoms with van der Waals surface area (Å²) in [5, 5.41) is 10.8. The quantitative estimate of drug-likeness (QED) is 0.421. The Bertz CT molecular complexity index is 907. The number of benzene rings is 3. The predicted molar refractivity (Wildman–Crippen MR) is 107 cm³/mol. The maximum absolute atomic E-state index is 5.92. The van der Waals surface area contributed by atoms with Crippen molar-refractivity contribution in [3.05, 3.63) is 77.9 Å². The summed E-state index contributed by atoms with van der Waals surface area (Å²) in [6.07, 6.45) is 1.72. The summed E-state index contributed by atoms with van der Waals surface area (Å²) < 4.78 is 5.40. The molecule has 0 aliphatic heterocycles. The van der Waals surface area contributed by atoms with E-state index >= 15 is 0 Å². The van der Waals surface area contributed by atoms with Crippen LogP contribution < -0.4 is 10.5 Å². The molecule has 4 nitrogen and oxygen atoms in total. The van der Waals surface area contributed by atoms with Crippen LogP contribution in [0.25, 0.3) is 10.8 Å². The van der Waals surface area contributed by atoms with Crippen LogP contribution >= 0.6 is 11.8 Å². The Morgan fingerprint density at radius 3 is 2.48 bits per heavy atom. The Kier molecular flexibility index (Phi) is 5.69. The molecule has 0 atom stereocenters. The van der Waals surface area contributed by atoms with Gasteiger partial charge < -0.3 is 10.5 Å². The second-order valence-electron chi connectivity index (χ2n) is 5.36. The van der Waals surface area contributed by atoms with Crippen molar-refractivity contribution in [3.8, 4) is 5.75 Å². The first-order valence-corrected chi connectivity index (χ1v) is 8.85. The molecule has 0 fully saturated rings. The number of nitrogens with two attached hydrogens (primary N) is 1. The average Bonchev–Trinajstić information content (AvgIpc) is 2.67. The maximum Gasteiger partial charge on any atom is 0.180 e. The van der Waals surface area contributed by atoms with E-state index in [1.807, 2.05) is 54.6 Å². The van der Waals surface area contributed by atoms with Crippen LogP contribution in [0.1, 0.15) is 11.1 Å². The van der Waals surface area contributed by atoms with Crippen molar-refractivity contribution in [2.24, 2.45) is 15.9 Å². The van der Waals surface area contributed by atoms with Gasteiger partial charge in [0.2, 0.25) is 0 Å². The molecular formula is C20H19N3OS. The van der Waals surface area contributed by atoms with Gasteiger partial charge in [0.1, 0.15) is 5.75 Å². The second kappa shape index (κ2) is 8.35. The Hall–Kier alpha value is -2.79. The third kappa shape index (κ3) is 4.39. The number of amidine groups is 1. The minimum Gasteiger partial charge on any atom is -0.496 e. The first kappa shape index (κ1) is 17.0. The lowest BCUT2D eigenvalue weighted by Crippen LogP contribution is -2.06. The van der Waals surface area contributed by atoms with Gasteiger partial charge in [0, 0.05) is 16.7 Å². The van der Waals surface area contributed by atoms with E-state index in [4.69, 9.17) is 10.5 Å². The minimum atomic E-state index is 0.443. The van der Waals surface area contributed by atoms with Gasteiger partial charge >= 0.3 is 0 Å². The van der Waals surface area contributed by atoms with Crippen LogP contribution in [0.15, 0.2) is 76.9 Å². The van der Waals surface area contributed by atoms with Gasteiger partial charge in [0.15, 0.2) is 5.17 Å². The first-order chi connectivity index (χ1) is 12.3. The van der Waals surface area contributed by atoms with Crippen LogP contribution in [0.3, 0.4) is 0 Å². The summed E-state index contributed by atoms with van der Waals surface area (Å²) in [5.41, 5.74) is 8.10. The van der Waals surface area contributed by atoms with Crippen molar-refractivity contribution in [2.75, 3.05) is 7.11 Å². The van der Waals surface area contributed by atoms with Gasteiger partial charge in [-0.2, -0.15) is 5.10 Å². The Morgan fingerprint density at radius 2 is 1.72 bits per heavy atom. The Balaban J connectivity index is 1.72. The lowest BCUT2D eigenvalue weighted by Gasteiger charge is -2.07. The zero-order valence-electron chi connectivity index (χ0n) is 13.9. The maximum atomic E-state index is 5.92. The molecule has 0 heterocycles. The molecule has 5 heteroatoms. The van der Waals surface area contributed by atoms with Crippen LogP contribution in [0, 0.1) is 0 Å². The van der Waals surface area contributed by atoms with Crippen molar-refractivity contribution >= 4 is 33.9 Å². The molecule has 0 amide bonds. The summed E-state index contributed by atoms with van der Waals surface area (Å²) in [7, 11) is 1.67. The van der Waals surface area contributed by atoms with Crippen LogP contribution in [0.4, 0.5) is 0 Å². The van der Waals surface area contributed by atoms with Gasteiger partial charge in [0.05, 0.1) is 13.3 Å². The van der Waals surface area contributed by atoms with Gasteiger partial charge in [-0.05, 0) is 23.1 Å². The van der Waals surface area contributed by atoms with Gasteiger partial charge in [-0.1, -0.05) is 66.4 Å². The molecule has 25 heavy (non-hydrogen) atoms. The molecule has 3 aromatic rings. The lowest BCUT2D eigenvalue weighted by atomic mass is 10.0. The number of fused-ring (bicyclic) bond motifs is 1. The highest BCUT2D eigenvalue weighted by atomic mass is 32.2. The minimum absolute atomic E-state index is 0.443. The molecule has 0 unspecified atom stereocenters. The molecule has 2 N–H and O–H groups in total. The highest BCUT2D eigenvalue weighted by Gasteiger charge is 2.04. The van der Waals surface area contributed by atoms with Crippen molar-refractivity contribution in [1.29, 1.82) is 0 Å². The summed E-state index contributed by atoms with van der Waals surface area (Å²) in [6, 6.07) is 22.1. The van der Waals surface area contributed by atoms with E-state index in [-0.39, 0.29) is 0 Å². The fraction of sp³-hybridized carbons (Fsp3) is 0.100. The largest absolute Gasteiger partial charge is 0.496 e. The number of hydrogen-bond donors (Lipinski definition) is 1. The van der Waals surface area contributed by atoms with Gasteiger partial charge in [0.25, 0.3) is 0 Å². The molecule has 0 radical (unpaired) electrons. The molecule has 0 bridgehead atoms. The standard InChI is InChI=1S/C20H19N3OS/c1-24-19-12-11-16(17-9-5-6-10-18(17)19)13-22-23-20(21)25-14-15-7-3-2-4-8-15/h2-13H,14H2,1H3,(H2,21,23). The van der Waals surface area contributed by atoms with Gasteiger partial charge in [-0.15, -0.1) is 5.10 Å². The molecule has 3 rings (SSSR count). The third-order valence-electron chi connectivity index (χ3n) is 3.72. The van der Waals surface area contributed by atoms with Crippen molar-refractivity contribution in [3.63, 3.8) is 0 Å². The summed E-state index contributed by atoms with van der Waals surface area (Å²) in [6.45, 7) is 0. The number of thioether (sulfide) groups is 1. The average molecular weight is 349 g/mol. The predicted octanol–water partition coefficient (Wildman–Crippen LogP) is 4.43. The number of nitrogens with zero attached hydrogens (tertiary/aromatic N) is 2. The van der Waals surface area contributed by atoms with Crippen LogP contribution in [-0.4, -0.2) is 18.5 Å². The lowest BCUT2D eigenvalue weighted by molar-refractivity contribution is 0.420. The molecule has 0 aliphatic carbocycles. The fourth-order valence-electron chi connectivity index (χ4n) is 2.49. The zero-order valence-corrected chi connectivity index (χ0v) is 14.7. The van der Waals surface area contributed by atoms with E-state index in [1.165, 1.54) is 17.3 Å². The highest BCUT2D eigenvalue weighted by molar-refractivity contribution is 8.13. The number of hydrogen-bond acceptors (Lipinski definition) is 4. The summed E-state index contributed by atoms with van der Waals surface area (Å²) in [4.78, 5) is 0. The van der Waals surface area contributed by atoms with E-state index < -0.39 is 0 Å². The first-order valence-electron chi connectivity index (χ1n) is 7.87. The molecule has 0 saturated heterocycles. The normalized spacial score (nSPS) is 12.0. The third-order valence-corrected chi connectivity index (χ3v) is 4.58. The summed E-state index contributed by atoms with van der Waals surface area (Å²) >= 11 is 1.47. The Morgan fingerprint density at radius 1 is 1.00 bits per heavy atom. The van der Waals surface area contributed by atoms with Crippen molar-refractivity contribution in [1.82, 2.24) is 0 Å². The highest BCUT2D eigenvalue weighted by Crippen LogP contribution is 2.27. The van der Waals surface area contributed by atoms with Gasteiger partial charge in [-0.3, -0.25) is 0 Å². The molecule has 0 aromatic heterocycles. The molecule has 0 spiro atoms. The van der Waals surface area contributed by atoms with Crippen molar-refractivity contribution < 1.29 is 4.74 Å². The Labute approximate surface area is 151 Å². The molecule has 0 saturated carbocycles. The summed E-state index contributed by atoms with van der Waals surface area (Å²) in [5.74, 6) is 1.62. The number of rotatable bonds is 5. The molecular weight excluding hydrogens is 330 g/mol. The van der Waals surface area contributed by atoms with E-state index in [9.17, 15) is 0 Å². The van der Waals surface area contributed by atoms with E-state index in [2.05, 4.69) is 22.3 Å². The van der Waals surface area contributed by atoms with E-state index in [1.54, 1.807) is 13.3 Å². The number of methoxy groups -OCH3 is 1. The van der Waals surface area contributed by atoms with Crippen LogP contribution in [-0.2, 0) is 5.75 Å². The monoisotopic (exact) mass is 349 g/mol. The molecule has 3 aromatic carbocycles. The smallest absolute Gasteiger partial charge is 0.180 e. The van der Waals surface area contributed by atoms with Crippen molar-refractivity contribution in [2.45, 2.75) is 5.75 Å². The second-order valence-corrected chi connectivity index (χ2v) is 6.36. The van der Waals surface area contributed by atoms with Crippen LogP contribution in [0.2, 0.25) is 0 Å². The van der Waals surface area contributed by atoms with E-state index in [0.29, 0.717) is 5.17 Å². The fourth-order valence-corrected chi connectivity index (χ4v) is 3.11. The zero-order chi connectivity index (χ0) is 17.5. The van der Waals surface area contributed by atoms with Crippen LogP contribution in [0.5, 0.6) is 5.75 Å². The topological polar surface area (TPSA) is 60.0 Å². The number of ether oxygens (including phenoxy) is 1. The van der Waals surface area contributed by atoms with E-state index in [0.717, 1.165) is 27.8 Å². The molecule has 126 valence electrons.